The molecule has 3 N–H and O–H groups in total. The van der Waals surface area contributed by atoms with Crippen molar-refractivity contribution in [3.63, 3.8) is 0 Å². The molecular formula is C16H19N3O2. The Labute approximate surface area is 124 Å². The fourth-order valence-corrected chi connectivity index (χ4v) is 1.91. The van der Waals surface area contributed by atoms with Gasteiger partial charge < -0.3 is 15.8 Å². The number of nitrogen functional groups attached to an aromatic ring is 1. The average molecular weight is 285 g/mol. The van der Waals surface area contributed by atoms with Crippen LogP contribution in [0.5, 0.6) is 5.75 Å². The molecule has 0 radical (unpaired) electrons. The molecule has 0 aliphatic rings. The summed E-state index contributed by atoms with van der Waals surface area (Å²) in [5.74, 6) is 0.543. The second-order valence-corrected chi connectivity index (χ2v) is 4.71. The van der Waals surface area contributed by atoms with Gasteiger partial charge in [0.25, 0.3) is 0 Å². The SMILES string of the molecule is CC(NC(=O)CCOc1ccccc1N)c1ccncc1. The van der Waals surface area contributed by atoms with Crippen molar-refractivity contribution < 1.29 is 9.53 Å². The molecule has 0 spiro atoms. The van der Waals surface area contributed by atoms with Crippen LogP contribution in [0, 0.1) is 0 Å². The number of ether oxygens (including phenoxy) is 1. The molecule has 1 amide bonds. The fraction of sp³-hybridized carbons (Fsp3) is 0.250. The van der Waals surface area contributed by atoms with Crippen LogP contribution >= 0.6 is 0 Å². The largest absolute Gasteiger partial charge is 0.491 e. The number of carbonyl (C=O) groups is 1. The van der Waals surface area contributed by atoms with E-state index >= 15 is 0 Å². The highest BCUT2D eigenvalue weighted by Gasteiger charge is 2.09. The lowest BCUT2D eigenvalue weighted by atomic mass is 10.1. The number of carbonyl (C=O) groups excluding carboxylic acids is 1. The van der Waals surface area contributed by atoms with Crippen LogP contribution in [0.3, 0.4) is 0 Å². The molecule has 0 aliphatic heterocycles. The third-order valence-electron chi connectivity index (χ3n) is 3.09. The van der Waals surface area contributed by atoms with Gasteiger partial charge in [-0.1, -0.05) is 12.1 Å². The zero-order valence-electron chi connectivity index (χ0n) is 12.0. The highest BCUT2D eigenvalue weighted by molar-refractivity contribution is 5.76. The Bertz CT molecular complexity index is 587. The lowest BCUT2D eigenvalue weighted by molar-refractivity contribution is -0.122. The van der Waals surface area contributed by atoms with Gasteiger partial charge in [-0.2, -0.15) is 0 Å². The molecule has 1 heterocycles. The first kappa shape index (κ1) is 14.8. The van der Waals surface area contributed by atoms with Crippen LogP contribution in [-0.4, -0.2) is 17.5 Å². The Balaban J connectivity index is 1.76. The molecule has 5 nitrogen and oxygen atoms in total. The number of rotatable bonds is 6. The van der Waals surface area contributed by atoms with E-state index in [0.29, 0.717) is 18.0 Å². The normalized spacial score (nSPS) is 11.7. The first-order chi connectivity index (χ1) is 10.2. The molecule has 0 bridgehead atoms. The summed E-state index contributed by atoms with van der Waals surface area (Å²) in [7, 11) is 0. The molecule has 0 aliphatic carbocycles. The van der Waals surface area contributed by atoms with Gasteiger partial charge in [0.15, 0.2) is 0 Å². The fourth-order valence-electron chi connectivity index (χ4n) is 1.91. The second kappa shape index (κ2) is 7.28. The van der Waals surface area contributed by atoms with Crippen molar-refractivity contribution in [2.45, 2.75) is 19.4 Å². The van der Waals surface area contributed by atoms with E-state index in [9.17, 15) is 4.79 Å². The van der Waals surface area contributed by atoms with E-state index in [2.05, 4.69) is 10.3 Å². The predicted molar refractivity (Wildman–Crippen MR) is 81.8 cm³/mol. The number of aromatic nitrogens is 1. The number of para-hydroxylation sites is 2. The molecule has 1 unspecified atom stereocenters. The highest BCUT2D eigenvalue weighted by atomic mass is 16.5. The summed E-state index contributed by atoms with van der Waals surface area (Å²) in [5.41, 5.74) is 7.35. The van der Waals surface area contributed by atoms with Gasteiger partial charge in [0.05, 0.1) is 24.8 Å². The first-order valence-corrected chi connectivity index (χ1v) is 6.83. The molecule has 5 heteroatoms. The number of benzene rings is 1. The van der Waals surface area contributed by atoms with E-state index in [-0.39, 0.29) is 18.4 Å². The lowest BCUT2D eigenvalue weighted by Gasteiger charge is -2.14. The molecule has 0 saturated carbocycles. The molecule has 2 aromatic rings. The van der Waals surface area contributed by atoms with Crippen molar-refractivity contribution >= 4 is 11.6 Å². The first-order valence-electron chi connectivity index (χ1n) is 6.83. The van der Waals surface area contributed by atoms with E-state index in [1.54, 1.807) is 24.5 Å². The van der Waals surface area contributed by atoms with Crippen LogP contribution in [-0.2, 0) is 4.79 Å². The van der Waals surface area contributed by atoms with Crippen LogP contribution in [0.15, 0.2) is 48.8 Å². The monoisotopic (exact) mass is 285 g/mol. The van der Waals surface area contributed by atoms with Gasteiger partial charge in [0.1, 0.15) is 5.75 Å². The maximum absolute atomic E-state index is 11.9. The van der Waals surface area contributed by atoms with Crippen molar-refractivity contribution in [3.8, 4) is 5.75 Å². The van der Waals surface area contributed by atoms with Crippen LogP contribution in [0.2, 0.25) is 0 Å². The number of hydrogen-bond acceptors (Lipinski definition) is 4. The average Bonchev–Trinajstić information content (AvgIpc) is 2.50. The van der Waals surface area contributed by atoms with Gasteiger partial charge >= 0.3 is 0 Å². The van der Waals surface area contributed by atoms with Gasteiger partial charge in [-0.15, -0.1) is 0 Å². The summed E-state index contributed by atoms with van der Waals surface area (Å²) in [4.78, 5) is 15.8. The van der Waals surface area contributed by atoms with E-state index in [0.717, 1.165) is 5.56 Å². The van der Waals surface area contributed by atoms with Gasteiger partial charge in [-0.05, 0) is 36.8 Å². The quantitative estimate of drug-likeness (QED) is 0.798. The molecule has 110 valence electrons. The molecule has 21 heavy (non-hydrogen) atoms. The van der Waals surface area contributed by atoms with Crippen LogP contribution < -0.4 is 15.8 Å². The minimum Gasteiger partial charge on any atom is -0.491 e. The number of hydrogen-bond donors (Lipinski definition) is 2. The summed E-state index contributed by atoms with van der Waals surface area (Å²) < 4.78 is 5.50. The van der Waals surface area contributed by atoms with Crippen LogP contribution in [0.4, 0.5) is 5.69 Å². The maximum Gasteiger partial charge on any atom is 0.223 e. The van der Waals surface area contributed by atoms with Crippen LogP contribution in [0.25, 0.3) is 0 Å². The predicted octanol–water partition coefficient (Wildman–Crippen LogP) is 2.31. The Morgan fingerprint density at radius 2 is 2.00 bits per heavy atom. The second-order valence-electron chi connectivity index (χ2n) is 4.71. The zero-order valence-corrected chi connectivity index (χ0v) is 12.0. The lowest BCUT2D eigenvalue weighted by Crippen LogP contribution is -2.27. The molecular weight excluding hydrogens is 266 g/mol. The number of nitrogens with one attached hydrogen (secondary N) is 1. The summed E-state index contributed by atoms with van der Waals surface area (Å²) >= 11 is 0. The third kappa shape index (κ3) is 4.49. The standard InChI is InChI=1S/C16H19N3O2/c1-12(13-6-9-18-10-7-13)19-16(20)8-11-21-15-5-3-2-4-14(15)17/h2-7,9-10,12H,8,11,17H2,1H3,(H,19,20). The van der Waals surface area contributed by atoms with E-state index in [1.165, 1.54) is 0 Å². The topological polar surface area (TPSA) is 77.2 Å². The van der Waals surface area contributed by atoms with Crippen LogP contribution in [0.1, 0.15) is 24.9 Å². The molecule has 2 rings (SSSR count). The van der Waals surface area contributed by atoms with Gasteiger partial charge in [-0.25, -0.2) is 0 Å². The zero-order chi connectivity index (χ0) is 15.1. The van der Waals surface area contributed by atoms with Gasteiger partial charge in [-0.3, -0.25) is 9.78 Å². The van der Waals surface area contributed by atoms with Crippen molar-refractivity contribution in [1.29, 1.82) is 0 Å². The third-order valence-corrected chi connectivity index (χ3v) is 3.09. The molecule has 1 atom stereocenters. The smallest absolute Gasteiger partial charge is 0.223 e. The Morgan fingerprint density at radius 1 is 1.29 bits per heavy atom. The van der Waals surface area contributed by atoms with E-state index < -0.39 is 0 Å². The number of nitrogens with zero attached hydrogens (tertiary/aromatic N) is 1. The van der Waals surface area contributed by atoms with E-state index in [4.69, 9.17) is 10.5 Å². The van der Waals surface area contributed by atoms with Gasteiger partial charge in [0.2, 0.25) is 5.91 Å². The van der Waals surface area contributed by atoms with Crippen molar-refractivity contribution in [2.75, 3.05) is 12.3 Å². The van der Waals surface area contributed by atoms with Gasteiger partial charge in [0, 0.05) is 12.4 Å². The number of nitrogens with two attached hydrogens (primary N) is 1. The molecule has 0 saturated heterocycles. The minimum atomic E-state index is -0.0613. The van der Waals surface area contributed by atoms with Crippen molar-refractivity contribution in [2.24, 2.45) is 0 Å². The number of amides is 1. The molecule has 1 aromatic carbocycles. The Hall–Kier alpha value is -2.56. The number of pyridine rings is 1. The molecule has 0 fully saturated rings. The highest BCUT2D eigenvalue weighted by Crippen LogP contribution is 2.19. The Morgan fingerprint density at radius 3 is 2.71 bits per heavy atom. The van der Waals surface area contributed by atoms with Crippen molar-refractivity contribution in [1.82, 2.24) is 10.3 Å². The minimum absolute atomic E-state index is 0.0534. The summed E-state index contributed by atoms with van der Waals surface area (Å²) in [6.45, 7) is 2.23. The summed E-state index contributed by atoms with van der Waals surface area (Å²) in [6.07, 6.45) is 3.70. The number of anilines is 1. The van der Waals surface area contributed by atoms with Crippen molar-refractivity contribution in [3.05, 3.63) is 54.4 Å². The summed E-state index contributed by atoms with van der Waals surface area (Å²) in [6, 6.07) is 10.9. The Kier molecular flexibility index (Phi) is 5.15. The summed E-state index contributed by atoms with van der Waals surface area (Å²) in [5, 5.41) is 2.92. The van der Waals surface area contributed by atoms with E-state index in [1.807, 2.05) is 31.2 Å². The molecule has 1 aromatic heterocycles. The maximum atomic E-state index is 11.9.